The molecule has 1 aliphatic carbocycles. The first-order valence-electron chi connectivity index (χ1n) is 9.68. The minimum absolute atomic E-state index is 0.153. The minimum Gasteiger partial charge on any atom is -0.383 e. The molecular weight excluding hydrogens is 336 g/mol. The van der Waals surface area contributed by atoms with Crippen LogP contribution in [-0.2, 0) is 16.1 Å². The van der Waals surface area contributed by atoms with E-state index in [1.54, 1.807) is 12.6 Å². The summed E-state index contributed by atoms with van der Waals surface area (Å²) in [7, 11) is 1.65. The lowest BCUT2D eigenvalue weighted by atomic mass is 9.84. The molecule has 8 heteroatoms. The van der Waals surface area contributed by atoms with Crippen molar-refractivity contribution in [2.24, 2.45) is 5.92 Å². The number of methoxy groups -OCH3 is 1. The zero-order chi connectivity index (χ0) is 18.6. The van der Waals surface area contributed by atoms with Crippen molar-refractivity contribution in [2.45, 2.75) is 70.3 Å². The molecule has 148 valence electrons. The first-order chi connectivity index (χ1) is 12.7. The van der Waals surface area contributed by atoms with Gasteiger partial charge >= 0.3 is 0 Å². The molecule has 1 atom stereocenters. The van der Waals surface area contributed by atoms with Crippen molar-refractivity contribution in [3.8, 4) is 0 Å². The van der Waals surface area contributed by atoms with E-state index in [1.165, 1.54) is 38.5 Å². The number of nitrogens with zero attached hydrogens (tertiary/aromatic N) is 2. The maximum absolute atomic E-state index is 11.6. The van der Waals surface area contributed by atoms with Gasteiger partial charge in [0.25, 0.3) is 0 Å². The normalized spacial score (nSPS) is 16.5. The summed E-state index contributed by atoms with van der Waals surface area (Å²) in [6, 6.07) is 0. The van der Waals surface area contributed by atoms with Crippen molar-refractivity contribution in [1.82, 2.24) is 20.9 Å². The molecule has 1 aliphatic rings. The molecule has 0 spiro atoms. The van der Waals surface area contributed by atoms with Crippen LogP contribution in [0.4, 0.5) is 0 Å². The molecule has 1 aromatic rings. The highest BCUT2D eigenvalue weighted by atomic mass is 16.5. The summed E-state index contributed by atoms with van der Waals surface area (Å²) >= 11 is 0. The lowest BCUT2D eigenvalue weighted by molar-refractivity contribution is -0.129. The highest BCUT2D eigenvalue weighted by Gasteiger charge is 2.23. The molecule has 1 heterocycles. The molecule has 0 aromatic carbocycles. The number of carbonyl (C=O) groups excluding carboxylic acids is 1. The van der Waals surface area contributed by atoms with E-state index in [1.807, 2.05) is 0 Å². The molecule has 0 radical (unpaired) electrons. The molecule has 2 rings (SSSR count). The first kappa shape index (κ1) is 20.8. The first-order valence-corrected chi connectivity index (χ1v) is 9.68. The zero-order valence-corrected chi connectivity index (χ0v) is 15.7. The van der Waals surface area contributed by atoms with E-state index in [-0.39, 0.29) is 12.3 Å². The van der Waals surface area contributed by atoms with Gasteiger partial charge in [-0.15, -0.1) is 0 Å². The SMILES string of the molecule is COCCNCc1noc([C@H](CCCC2CCCCC2)CC(=O)NO)n1. The number of hydrogen-bond acceptors (Lipinski definition) is 7. The largest absolute Gasteiger partial charge is 0.383 e. The van der Waals surface area contributed by atoms with Crippen LogP contribution in [0.2, 0.25) is 0 Å². The second-order valence-corrected chi connectivity index (χ2v) is 7.09. The fourth-order valence-corrected chi connectivity index (χ4v) is 3.59. The number of amides is 1. The number of carbonyl (C=O) groups is 1. The van der Waals surface area contributed by atoms with E-state index in [2.05, 4.69) is 15.5 Å². The minimum atomic E-state index is -0.425. The zero-order valence-electron chi connectivity index (χ0n) is 15.7. The quantitative estimate of drug-likeness (QED) is 0.295. The molecule has 3 N–H and O–H groups in total. The fraction of sp³-hybridized carbons (Fsp3) is 0.833. The summed E-state index contributed by atoms with van der Waals surface area (Å²) in [5.74, 6) is 1.26. The molecule has 0 bridgehead atoms. The lowest BCUT2D eigenvalue weighted by Crippen LogP contribution is -2.21. The molecular formula is C18H32N4O4. The van der Waals surface area contributed by atoms with E-state index < -0.39 is 5.91 Å². The van der Waals surface area contributed by atoms with Crippen LogP contribution in [0, 0.1) is 5.92 Å². The van der Waals surface area contributed by atoms with E-state index >= 15 is 0 Å². The fourth-order valence-electron chi connectivity index (χ4n) is 3.59. The summed E-state index contributed by atoms with van der Waals surface area (Å²) in [6.07, 6.45) is 9.84. The van der Waals surface area contributed by atoms with Gasteiger partial charge in [-0.05, 0) is 12.3 Å². The van der Waals surface area contributed by atoms with Gasteiger partial charge < -0.3 is 14.6 Å². The van der Waals surface area contributed by atoms with Crippen LogP contribution in [0.1, 0.15) is 75.4 Å². The third-order valence-electron chi connectivity index (χ3n) is 5.05. The molecule has 8 nitrogen and oxygen atoms in total. The highest BCUT2D eigenvalue weighted by molar-refractivity contribution is 5.75. The van der Waals surface area contributed by atoms with Crippen LogP contribution >= 0.6 is 0 Å². The van der Waals surface area contributed by atoms with Gasteiger partial charge in [-0.1, -0.05) is 50.1 Å². The predicted molar refractivity (Wildman–Crippen MR) is 95.6 cm³/mol. The number of aromatic nitrogens is 2. The van der Waals surface area contributed by atoms with Crippen LogP contribution in [0.3, 0.4) is 0 Å². The Hall–Kier alpha value is -1.51. The third-order valence-corrected chi connectivity index (χ3v) is 5.05. The van der Waals surface area contributed by atoms with Gasteiger partial charge in [0.15, 0.2) is 5.82 Å². The second-order valence-electron chi connectivity index (χ2n) is 7.09. The molecule has 0 saturated heterocycles. The monoisotopic (exact) mass is 368 g/mol. The van der Waals surface area contributed by atoms with Crippen LogP contribution in [0.15, 0.2) is 4.52 Å². The van der Waals surface area contributed by atoms with Gasteiger partial charge in [-0.2, -0.15) is 4.98 Å². The predicted octanol–water partition coefficient (Wildman–Crippen LogP) is 2.54. The van der Waals surface area contributed by atoms with Crippen molar-refractivity contribution in [2.75, 3.05) is 20.3 Å². The Labute approximate surface area is 155 Å². The molecule has 1 amide bonds. The van der Waals surface area contributed by atoms with Crippen molar-refractivity contribution in [1.29, 1.82) is 0 Å². The Morgan fingerprint density at radius 1 is 1.38 bits per heavy atom. The number of ether oxygens (including phenoxy) is 1. The van der Waals surface area contributed by atoms with Gasteiger partial charge in [0.2, 0.25) is 11.8 Å². The topological polar surface area (TPSA) is 110 Å². The smallest absolute Gasteiger partial charge is 0.244 e. The molecule has 1 aromatic heterocycles. The summed E-state index contributed by atoms with van der Waals surface area (Å²) in [5.41, 5.74) is 1.71. The van der Waals surface area contributed by atoms with Gasteiger partial charge in [-0.3, -0.25) is 10.0 Å². The van der Waals surface area contributed by atoms with Gasteiger partial charge in [0.1, 0.15) is 0 Å². The third kappa shape index (κ3) is 7.39. The van der Waals surface area contributed by atoms with Gasteiger partial charge in [-0.25, -0.2) is 5.48 Å². The second kappa shape index (κ2) is 12.0. The Bertz CT molecular complexity index is 517. The molecule has 1 fully saturated rings. The van der Waals surface area contributed by atoms with Crippen LogP contribution in [0.25, 0.3) is 0 Å². The van der Waals surface area contributed by atoms with Crippen molar-refractivity contribution >= 4 is 5.91 Å². The molecule has 0 unspecified atom stereocenters. The summed E-state index contributed by atoms with van der Waals surface area (Å²) in [5, 5.41) is 16.0. The Morgan fingerprint density at radius 3 is 2.92 bits per heavy atom. The van der Waals surface area contributed by atoms with E-state index in [4.69, 9.17) is 14.5 Å². The van der Waals surface area contributed by atoms with E-state index in [0.717, 1.165) is 18.8 Å². The van der Waals surface area contributed by atoms with Gasteiger partial charge in [0, 0.05) is 26.0 Å². The Morgan fingerprint density at radius 2 is 2.19 bits per heavy atom. The molecule has 1 saturated carbocycles. The van der Waals surface area contributed by atoms with E-state index in [9.17, 15) is 4.79 Å². The van der Waals surface area contributed by atoms with E-state index in [0.29, 0.717) is 31.4 Å². The standard InChI is InChI=1S/C18H32N4O4/c1-25-11-10-19-13-16-20-18(26-22-16)15(12-17(23)21-24)9-5-8-14-6-3-2-4-7-14/h14-15,19,24H,2-13H2,1H3,(H,21,23)/t15-/m1/s1. The molecule has 0 aliphatic heterocycles. The summed E-state index contributed by atoms with van der Waals surface area (Å²) < 4.78 is 10.4. The Balaban J connectivity index is 1.84. The average molecular weight is 368 g/mol. The number of rotatable bonds is 12. The molecule has 26 heavy (non-hydrogen) atoms. The number of hydroxylamine groups is 1. The van der Waals surface area contributed by atoms with Crippen LogP contribution in [-0.4, -0.2) is 41.5 Å². The van der Waals surface area contributed by atoms with Crippen molar-refractivity contribution in [3.05, 3.63) is 11.7 Å². The summed E-state index contributed by atoms with van der Waals surface area (Å²) in [4.78, 5) is 16.1. The van der Waals surface area contributed by atoms with Crippen LogP contribution < -0.4 is 10.8 Å². The lowest BCUT2D eigenvalue weighted by Gasteiger charge is -2.22. The van der Waals surface area contributed by atoms with Crippen molar-refractivity contribution in [3.63, 3.8) is 0 Å². The highest BCUT2D eigenvalue weighted by Crippen LogP contribution is 2.31. The average Bonchev–Trinajstić information content (AvgIpc) is 3.14. The maximum Gasteiger partial charge on any atom is 0.244 e. The maximum atomic E-state index is 11.6. The van der Waals surface area contributed by atoms with Gasteiger partial charge in [0.05, 0.1) is 13.2 Å². The number of nitrogens with one attached hydrogen (secondary N) is 2. The summed E-state index contributed by atoms with van der Waals surface area (Å²) in [6.45, 7) is 1.82. The van der Waals surface area contributed by atoms with Crippen molar-refractivity contribution < 1.29 is 19.3 Å². The Kier molecular flexibility index (Phi) is 9.58. The van der Waals surface area contributed by atoms with Crippen LogP contribution in [0.5, 0.6) is 0 Å². The number of hydrogen-bond donors (Lipinski definition) is 3.